The van der Waals surface area contributed by atoms with Crippen LogP contribution in [0.2, 0.25) is 0 Å². The Balaban J connectivity index is 1.55. The summed E-state index contributed by atoms with van der Waals surface area (Å²) >= 11 is 0. The Morgan fingerprint density at radius 2 is 1.86 bits per heavy atom. The van der Waals surface area contributed by atoms with Crippen molar-refractivity contribution in [3.05, 3.63) is 64.6 Å². The highest BCUT2D eigenvalue weighted by atomic mass is 19.4. The second-order valence-electron chi connectivity index (χ2n) is 11.5. The molecule has 0 unspecified atom stereocenters. The molecule has 0 radical (unpaired) electrons. The lowest BCUT2D eigenvalue weighted by Crippen LogP contribution is -2.33. The summed E-state index contributed by atoms with van der Waals surface area (Å²) in [6.07, 6.45) is -0.429. The summed E-state index contributed by atoms with van der Waals surface area (Å²) in [6.45, 7) is 10.5. The van der Waals surface area contributed by atoms with Crippen molar-refractivity contribution >= 4 is 12.0 Å². The van der Waals surface area contributed by atoms with Gasteiger partial charge in [0.1, 0.15) is 6.10 Å². The minimum Gasteiger partial charge on any atom is -0.481 e. The maximum absolute atomic E-state index is 13.6. The zero-order valence-corrected chi connectivity index (χ0v) is 24.7. The van der Waals surface area contributed by atoms with Gasteiger partial charge in [-0.05, 0) is 68.9 Å². The number of methoxy groups -OCH3 is 1. The maximum Gasteiger partial charge on any atom is 0.416 e. The Morgan fingerprint density at radius 1 is 1.10 bits per heavy atom. The van der Waals surface area contributed by atoms with Gasteiger partial charge in [0.15, 0.2) is 0 Å². The van der Waals surface area contributed by atoms with Gasteiger partial charge in [0, 0.05) is 36.1 Å². The summed E-state index contributed by atoms with van der Waals surface area (Å²) in [5, 5.41) is 0. The number of carbonyl (C=O) groups excluding carboxylic acids is 1. The third-order valence-corrected chi connectivity index (χ3v) is 8.16. The van der Waals surface area contributed by atoms with E-state index in [4.69, 9.17) is 19.4 Å². The Morgan fingerprint density at radius 3 is 2.50 bits per heavy atom. The average Bonchev–Trinajstić information content (AvgIpc) is 3.49. The lowest BCUT2D eigenvalue weighted by molar-refractivity contribution is -0.137. The number of hydrogen-bond donors (Lipinski definition) is 0. The van der Waals surface area contributed by atoms with E-state index in [2.05, 4.69) is 30.7 Å². The lowest BCUT2D eigenvalue weighted by atomic mass is 9.97. The van der Waals surface area contributed by atoms with Crippen LogP contribution in [0.3, 0.4) is 0 Å². The highest BCUT2D eigenvalue weighted by molar-refractivity contribution is 5.74. The zero-order chi connectivity index (χ0) is 30.3. The Hall–Kier alpha value is -3.89. The number of aromatic nitrogens is 3. The first kappa shape index (κ1) is 29.6. The highest BCUT2D eigenvalue weighted by Gasteiger charge is 2.42. The van der Waals surface area contributed by atoms with Crippen LogP contribution in [0.5, 0.6) is 5.88 Å². The first-order chi connectivity index (χ1) is 19.9. The standard InChI is InChI=1S/C31H36F3N5O3/c1-17(2)22-13-24(28(41-6)35-14-22)25-15-36-29(38-9-7-8-19(38)4)37-26(25)16-39-20(5)27(42-30(39)40)21-10-18(3)11-23(12-21)31(32,33)34/h10-15,17,19-20,27H,7-9,16H2,1-6H3/t19-,20-,27-/m0/s1. The molecule has 42 heavy (non-hydrogen) atoms. The van der Waals surface area contributed by atoms with Gasteiger partial charge >= 0.3 is 12.3 Å². The molecule has 3 aromatic rings. The van der Waals surface area contributed by atoms with E-state index in [9.17, 15) is 18.0 Å². The molecule has 2 aliphatic heterocycles. The molecule has 0 N–H and O–H groups in total. The van der Waals surface area contributed by atoms with Crippen molar-refractivity contribution in [2.75, 3.05) is 18.6 Å². The van der Waals surface area contributed by atoms with Crippen molar-refractivity contribution < 1.29 is 27.4 Å². The predicted octanol–water partition coefficient (Wildman–Crippen LogP) is 7.07. The van der Waals surface area contributed by atoms with Crippen molar-refractivity contribution in [3.8, 4) is 17.0 Å². The number of nitrogens with zero attached hydrogens (tertiary/aromatic N) is 5. The molecule has 1 amide bonds. The number of amides is 1. The van der Waals surface area contributed by atoms with Crippen LogP contribution in [0.15, 0.2) is 36.7 Å². The Kier molecular flexibility index (Phi) is 8.04. The number of benzene rings is 1. The van der Waals surface area contributed by atoms with Gasteiger partial charge in [0.05, 0.1) is 31.0 Å². The summed E-state index contributed by atoms with van der Waals surface area (Å²) < 4.78 is 52.0. The van der Waals surface area contributed by atoms with E-state index in [-0.39, 0.29) is 18.5 Å². The second kappa shape index (κ2) is 11.4. The van der Waals surface area contributed by atoms with Crippen molar-refractivity contribution in [1.82, 2.24) is 19.9 Å². The number of halogens is 3. The Bertz CT molecular complexity index is 1480. The molecule has 4 heterocycles. The fourth-order valence-electron chi connectivity index (χ4n) is 5.72. The van der Waals surface area contributed by atoms with E-state index >= 15 is 0 Å². The maximum atomic E-state index is 13.6. The van der Waals surface area contributed by atoms with Crippen LogP contribution in [-0.4, -0.2) is 51.7 Å². The van der Waals surface area contributed by atoms with E-state index in [1.807, 2.05) is 6.07 Å². The monoisotopic (exact) mass is 583 g/mol. The molecule has 2 fully saturated rings. The van der Waals surface area contributed by atoms with Gasteiger partial charge in [-0.1, -0.05) is 25.5 Å². The zero-order valence-electron chi connectivity index (χ0n) is 24.7. The van der Waals surface area contributed by atoms with Crippen molar-refractivity contribution in [3.63, 3.8) is 0 Å². The molecule has 224 valence electrons. The number of ether oxygens (including phenoxy) is 2. The number of carbonyl (C=O) groups is 1. The normalized spacial score (nSPS) is 20.9. The molecular weight excluding hydrogens is 547 g/mol. The predicted molar refractivity (Wildman–Crippen MR) is 152 cm³/mol. The van der Waals surface area contributed by atoms with E-state index in [0.29, 0.717) is 39.8 Å². The van der Waals surface area contributed by atoms with Crippen LogP contribution in [0.1, 0.15) is 80.5 Å². The number of hydrogen-bond acceptors (Lipinski definition) is 7. The lowest BCUT2D eigenvalue weighted by Gasteiger charge is -2.25. The summed E-state index contributed by atoms with van der Waals surface area (Å²) in [5.74, 6) is 1.18. The quantitative estimate of drug-likeness (QED) is 0.294. The van der Waals surface area contributed by atoms with Gasteiger partial charge in [-0.3, -0.25) is 4.90 Å². The third kappa shape index (κ3) is 5.73. The summed E-state index contributed by atoms with van der Waals surface area (Å²) in [5.41, 5.74) is 2.91. The molecule has 1 aromatic carbocycles. The van der Waals surface area contributed by atoms with Crippen molar-refractivity contribution in [2.24, 2.45) is 0 Å². The van der Waals surface area contributed by atoms with Crippen LogP contribution >= 0.6 is 0 Å². The van der Waals surface area contributed by atoms with Gasteiger partial charge in [0.2, 0.25) is 11.8 Å². The van der Waals surface area contributed by atoms with Gasteiger partial charge in [-0.25, -0.2) is 19.7 Å². The number of cyclic esters (lactones) is 1. The number of rotatable bonds is 7. The molecule has 2 saturated heterocycles. The molecule has 5 rings (SSSR count). The molecule has 2 aromatic heterocycles. The number of anilines is 1. The minimum atomic E-state index is -4.51. The summed E-state index contributed by atoms with van der Waals surface area (Å²) in [4.78, 5) is 31.1. The van der Waals surface area contributed by atoms with Crippen molar-refractivity contribution in [2.45, 2.75) is 84.3 Å². The third-order valence-electron chi connectivity index (χ3n) is 8.16. The van der Waals surface area contributed by atoms with E-state index < -0.39 is 30.0 Å². The van der Waals surface area contributed by atoms with Gasteiger partial charge in [-0.15, -0.1) is 0 Å². The van der Waals surface area contributed by atoms with Gasteiger partial charge < -0.3 is 14.4 Å². The average molecular weight is 584 g/mol. The summed E-state index contributed by atoms with van der Waals surface area (Å²) in [7, 11) is 1.54. The molecule has 0 bridgehead atoms. The topological polar surface area (TPSA) is 80.7 Å². The number of pyridine rings is 1. The van der Waals surface area contributed by atoms with E-state index in [0.717, 1.165) is 37.1 Å². The fraction of sp³-hybridized carbons (Fsp3) is 0.484. The van der Waals surface area contributed by atoms with Crippen LogP contribution in [0.25, 0.3) is 11.1 Å². The smallest absolute Gasteiger partial charge is 0.416 e. The second-order valence-corrected chi connectivity index (χ2v) is 11.5. The first-order valence-electron chi connectivity index (χ1n) is 14.2. The molecule has 11 heteroatoms. The molecular formula is C31H36F3N5O3. The molecule has 0 aliphatic carbocycles. The van der Waals surface area contributed by atoms with Crippen molar-refractivity contribution in [1.29, 1.82) is 0 Å². The van der Waals surface area contributed by atoms with Crippen LogP contribution in [-0.2, 0) is 17.5 Å². The first-order valence-corrected chi connectivity index (χ1v) is 14.2. The molecule has 0 saturated carbocycles. The summed E-state index contributed by atoms with van der Waals surface area (Å²) in [6, 6.07) is 5.49. The SMILES string of the molecule is COc1ncc(C(C)C)cc1-c1cnc(N2CCC[C@@H]2C)nc1CN1C(=O)O[C@H](c2cc(C)cc(C(F)(F)F)c2)[C@@H]1C. The van der Waals surface area contributed by atoms with Crippen LogP contribution < -0.4 is 9.64 Å². The minimum absolute atomic E-state index is 0.0661. The largest absolute Gasteiger partial charge is 0.481 e. The van der Waals surface area contributed by atoms with Crippen LogP contribution in [0.4, 0.5) is 23.9 Å². The van der Waals surface area contributed by atoms with Gasteiger partial charge in [0.25, 0.3) is 0 Å². The Labute approximate surface area is 243 Å². The fourth-order valence-corrected chi connectivity index (χ4v) is 5.72. The van der Waals surface area contributed by atoms with Gasteiger partial charge in [-0.2, -0.15) is 13.2 Å². The number of alkyl halides is 3. The molecule has 8 nitrogen and oxygen atoms in total. The number of aryl methyl sites for hydroxylation is 1. The van der Waals surface area contributed by atoms with E-state index in [1.54, 1.807) is 39.4 Å². The molecule has 3 atom stereocenters. The van der Waals surface area contributed by atoms with E-state index in [1.165, 1.54) is 4.90 Å². The molecule has 0 spiro atoms. The van der Waals surface area contributed by atoms with Crippen LogP contribution in [0, 0.1) is 6.92 Å². The molecule has 2 aliphatic rings. The highest BCUT2D eigenvalue weighted by Crippen LogP contribution is 2.39.